The number of rotatable bonds is 5. The van der Waals surface area contributed by atoms with Gasteiger partial charge < -0.3 is 0 Å². The minimum absolute atomic E-state index is 0.00103. The lowest BCUT2D eigenvalue weighted by molar-refractivity contribution is 0.605. The van der Waals surface area contributed by atoms with Crippen molar-refractivity contribution in [1.82, 2.24) is 4.57 Å². The van der Waals surface area contributed by atoms with Gasteiger partial charge in [-0.2, -0.15) is 5.26 Å². The van der Waals surface area contributed by atoms with Crippen LogP contribution in [0.2, 0.25) is 5.02 Å². The fourth-order valence-corrected chi connectivity index (χ4v) is 5.53. The summed E-state index contributed by atoms with van der Waals surface area (Å²) in [6.07, 6.45) is 3.12. The van der Waals surface area contributed by atoms with Crippen LogP contribution in [0.3, 0.4) is 0 Å². The Morgan fingerprint density at radius 2 is 1.83 bits per heavy atom. The number of hydrogen-bond acceptors (Lipinski definition) is 5. The van der Waals surface area contributed by atoms with Gasteiger partial charge in [-0.15, -0.1) is 17.9 Å². The average molecular weight is 457 g/mol. The molecule has 0 radical (unpaired) electrons. The number of thiazole rings is 1. The fourth-order valence-electron chi connectivity index (χ4n) is 2.75. The first-order valence-electron chi connectivity index (χ1n) is 8.82. The molecule has 1 heterocycles. The van der Waals surface area contributed by atoms with E-state index in [1.807, 2.05) is 6.92 Å². The second-order valence-electron chi connectivity index (χ2n) is 6.43. The van der Waals surface area contributed by atoms with Crippen LogP contribution in [0, 0.1) is 18.3 Å². The van der Waals surface area contributed by atoms with Crippen molar-refractivity contribution in [3.8, 4) is 6.07 Å². The van der Waals surface area contributed by atoms with Gasteiger partial charge in [0.25, 0.3) is 5.56 Å². The summed E-state index contributed by atoms with van der Waals surface area (Å²) in [5.41, 5.74) is 1.23. The Labute approximate surface area is 183 Å². The Bertz CT molecular complexity index is 1420. The number of allylic oxidation sites excluding steroid dienone is 1. The van der Waals surface area contributed by atoms with E-state index in [2.05, 4.69) is 6.58 Å². The molecule has 0 saturated heterocycles. The van der Waals surface area contributed by atoms with E-state index in [1.165, 1.54) is 22.8 Å². The van der Waals surface area contributed by atoms with Crippen LogP contribution in [0.15, 0.2) is 70.9 Å². The van der Waals surface area contributed by atoms with Crippen molar-refractivity contribution in [3.05, 3.63) is 96.9 Å². The SMILES string of the molecule is C=CCn1c(=O)/c(=C/c2ccc(Cl)cc2)s/c1=C(\C#N)S(=O)(=O)c1ccc(C)cc1. The summed E-state index contributed by atoms with van der Waals surface area (Å²) in [6.45, 7) is 5.55. The minimum Gasteiger partial charge on any atom is -0.293 e. The first kappa shape index (κ1) is 21.8. The number of benzene rings is 2. The molecule has 3 aromatic rings. The average Bonchev–Trinajstić information content (AvgIpc) is 3.00. The van der Waals surface area contributed by atoms with Crippen molar-refractivity contribution in [1.29, 1.82) is 5.26 Å². The van der Waals surface area contributed by atoms with Crippen LogP contribution >= 0.6 is 22.9 Å². The Hall–Kier alpha value is -2.92. The highest BCUT2D eigenvalue weighted by atomic mass is 35.5. The Balaban J connectivity index is 2.34. The molecule has 0 fully saturated rings. The van der Waals surface area contributed by atoms with Crippen molar-refractivity contribution in [3.63, 3.8) is 0 Å². The summed E-state index contributed by atoms with van der Waals surface area (Å²) < 4.78 is 27.9. The van der Waals surface area contributed by atoms with E-state index in [0.29, 0.717) is 9.55 Å². The van der Waals surface area contributed by atoms with E-state index in [9.17, 15) is 18.5 Å². The predicted octanol–water partition coefficient (Wildman–Crippen LogP) is 2.99. The fraction of sp³-hybridized carbons (Fsp3) is 0.0909. The number of nitriles is 1. The van der Waals surface area contributed by atoms with Crippen LogP contribution in [0.4, 0.5) is 0 Å². The van der Waals surface area contributed by atoms with E-state index in [-0.39, 0.29) is 16.1 Å². The smallest absolute Gasteiger partial charge is 0.269 e. The molecule has 5 nitrogen and oxygen atoms in total. The first-order chi connectivity index (χ1) is 14.3. The molecule has 0 amide bonds. The van der Waals surface area contributed by atoms with Crippen LogP contribution in [0.25, 0.3) is 11.0 Å². The van der Waals surface area contributed by atoms with Crippen molar-refractivity contribution in [2.24, 2.45) is 0 Å². The number of hydrogen-bond donors (Lipinski definition) is 0. The third-order valence-electron chi connectivity index (χ3n) is 4.28. The van der Waals surface area contributed by atoms with E-state index in [1.54, 1.807) is 48.5 Å². The summed E-state index contributed by atoms with van der Waals surface area (Å²) in [5, 5.41) is 10.3. The number of nitrogens with zero attached hydrogens (tertiary/aromatic N) is 2. The van der Waals surface area contributed by atoms with Crippen molar-refractivity contribution in [2.45, 2.75) is 18.4 Å². The number of sulfone groups is 1. The molecule has 0 N–H and O–H groups in total. The van der Waals surface area contributed by atoms with Crippen LogP contribution in [-0.4, -0.2) is 13.0 Å². The van der Waals surface area contributed by atoms with Gasteiger partial charge in [-0.3, -0.25) is 9.36 Å². The maximum atomic E-state index is 13.1. The number of aromatic nitrogens is 1. The zero-order chi connectivity index (χ0) is 21.9. The third kappa shape index (κ3) is 4.31. The van der Waals surface area contributed by atoms with Gasteiger partial charge in [0.1, 0.15) is 10.7 Å². The van der Waals surface area contributed by atoms with Crippen molar-refractivity contribution in [2.75, 3.05) is 0 Å². The molecular formula is C22H17ClN2O3S2. The minimum atomic E-state index is -4.10. The zero-order valence-electron chi connectivity index (χ0n) is 16.0. The third-order valence-corrected chi connectivity index (χ3v) is 7.51. The standard InChI is InChI=1S/C22H17ClN2O3S2/c1-3-12-25-21(26)19(13-16-6-8-17(23)9-7-16)29-22(25)20(14-24)30(27,28)18-10-4-15(2)5-11-18/h3-11,13H,1,12H2,2H3/b19-13-,22-20+. The highest BCUT2D eigenvalue weighted by Gasteiger charge is 2.24. The van der Waals surface area contributed by atoms with Gasteiger partial charge in [-0.1, -0.05) is 47.5 Å². The number of halogens is 1. The van der Waals surface area contributed by atoms with E-state index in [4.69, 9.17) is 11.6 Å². The molecule has 30 heavy (non-hydrogen) atoms. The highest BCUT2D eigenvalue weighted by molar-refractivity contribution is 8.00. The quantitative estimate of drug-likeness (QED) is 0.553. The second-order valence-corrected chi connectivity index (χ2v) is 9.78. The molecule has 2 aromatic carbocycles. The summed E-state index contributed by atoms with van der Waals surface area (Å²) in [6, 6.07) is 14.9. The van der Waals surface area contributed by atoms with Gasteiger partial charge in [0, 0.05) is 11.6 Å². The molecule has 0 aliphatic carbocycles. The van der Waals surface area contributed by atoms with Crippen molar-refractivity contribution < 1.29 is 8.42 Å². The molecular weight excluding hydrogens is 440 g/mol. The van der Waals surface area contributed by atoms with Crippen LogP contribution in [0.1, 0.15) is 11.1 Å². The molecule has 0 unspecified atom stereocenters. The molecule has 0 aliphatic rings. The van der Waals surface area contributed by atoms with Gasteiger partial charge in [-0.05, 0) is 42.8 Å². The summed E-state index contributed by atoms with van der Waals surface area (Å²) in [5.74, 6) is 0. The summed E-state index contributed by atoms with van der Waals surface area (Å²) in [7, 11) is -4.10. The summed E-state index contributed by atoms with van der Waals surface area (Å²) >= 11 is 6.86. The predicted molar refractivity (Wildman–Crippen MR) is 120 cm³/mol. The van der Waals surface area contributed by atoms with Crippen LogP contribution < -0.4 is 14.8 Å². The lowest BCUT2D eigenvalue weighted by Crippen LogP contribution is -2.32. The molecule has 0 bridgehead atoms. The molecule has 0 aliphatic heterocycles. The van der Waals surface area contributed by atoms with Gasteiger partial charge in [0.15, 0.2) is 4.91 Å². The molecule has 3 rings (SSSR count). The summed E-state index contributed by atoms with van der Waals surface area (Å²) in [4.78, 5) is 12.5. The monoisotopic (exact) mass is 456 g/mol. The van der Waals surface area contributed by atoms with E-state index >= 15 is 0 Å². The molecule has 0 saturated carbocycles. The van der Waals surface area contributed by atoms with Gasteiger partial charge in [0.05, 0.1) is 9.43 Å². The van der Waals surface area contributed by atoms with E-state index in [0.717, 1.165) is 22.5 Å². The van der Waals surface area contributed by atoms with Gasteiger partial charge >= 0.3 is 0 Å². The Morgan fingerprint density at radius 3 is 2.40 bits per heavy atom. The second kappa shape index (κ2) is 8.84. The lowest BCUT2D eigenvalue weighted by atomic mass is 10.2. The van der Waals surface area contributed by atoms with Crippen molar-refractivity contribution >= 4 is 43.8 Å². The first-order valence-corrected chi connectivity index (χ1v) is 11.5. The maximum Gasteiger partial charge on any atom is 0.269 e. The van der Waals surface area contributed by atoms with Crippen LogP contribution in [-0.2, 0) is 16.4 Å². The molecule has 0 atom stereocenters. The lowest BCUT2D eigenvalue weighted by Gasteiger charge is -2.04. The largest absolute Gasteiger partial charge is 0.293 e. The molecule has 0 spiro atoms. The zero-order valence-corrected chi connectivity index (χ0v) is 18.4. The molecule has 8 heteroatoms. The maximum absolute atomic E-state index is 13.1. The number of aryl methyl sites for hydroxylation is 1. The Morgan fingerprint density at radius 1 is 1.20 bits per heavy atom. The van der Waals surface area contributed by atoms with Gasteiger partial charge in [-0.25, -0.2) is 8.42 Å². The van der Waals surface area contributed by atoms with Crippen LogP contribution in [0.5, 0.6) is 0 Å². The topological polar surface area (TPSA) is 79.9 Å². The van der Waals surface area contributed by atoms with E-state index < -0.39 is 20.3 Å². The molecule has 1 aromatic heterocycles. The van der Waals surface area contributed by atoms with Gasteiger partial charge in [0.2, 0.25) is 9.84 Å². The highest BCUT2D eigenvalue weighted by Crippen LogP contribution is 2.19. The molecule has 152 valence electrons. The normalized spacial score (nSPS) is 13.0. The Kier molecular flexibility index (Phi) is 6.42.